The number of benzene rings is 1. The van der Waals surface area contributed by atoms with Crippen molar-refractivity contribution in [2.75, 3.05) is 5.75 Å². The van der Waals surface area contributed by atoms with Crippen LogP contribution in [0, 0.1) is 0 Å². The topological polar surface area (TPSA) is 50.7 Å². The summed E-state index contributed by atoms with van der Waals surface area (Å²) < 4.78 is 1.62. The van der Waals surface area contributed by atoms with Crippen LogP contribution in [0.4, 0.5) is 0 Å². The van der Waals surface area contributed by atoms with Gasteiger partial charge in [-0.1, -0.05) is 60.3 Å². The van der Waals surface area contributed by atoms with E-state index in [0.29, 0.717) is 22.5 Å². The molecule has 0 aliphatic heterocycles. The van der Waals surface area contributed by atoms with Crippen LogP contribution in [0.2, 0.25) is 0 Å². The van der Waals surface area contributed by atoms with Crippen molar-refractivity contribution in [3.63, 3.8) is 0 Å². The number of nitrogens with zero attached hydrogens (tertiary/aromatic N) is 2. The van der Waals surface area contributed by atoms with Gasteiger partial charge in [0.15, 0.2) is 5.16 Å². The first-order valence-corrected chi connectivity index (χ1v) is 7.18. The molecule has 0 amide bonds. The molecule has 2 rings (SSSR count). The number of hydrogen-bond acceptors (Lipinski definition) is 3. The predicted molar refractivity (Wildman–Crippen MR) is 78.7 cm³/mol. The number of aromatic amines is 1. The number of hydrogen-bond donors (Lipinski definition) is 1. The Bertz CT molecular complexity index is 606. The number of thioether (sulfide) groups is 1. The molecule has 6 heteroatoms. The summed E-state index contributed by atoms with van der Waals surface area (Å²) in [5.41, 5.74) is 0.993. The molecule has 4 nitrogen and oxygen atoms in total. The van der Waals surface area contributed by atoms with Gasteiger partial charge in [-0.05, 0) is 12.0 Å². The molecule has 1 aromatic carbocycles. The highest BCUT2D eigenvalue weighted by Crippen LogP contribution is 2.18. The van der Waals surface area contributed by atoms with E-state index in [4.69, 9.17) is 11.6 Å². The van der Waals surface area contributed by atoms with Crippen molar-refractivity contribution in [1.82, 2.24) is 14.8 Å². The fourth-order valence-corrected chi connectivity index (χ4v) is 2.53. The number of H-pyrrole nitrogens is 1. The molecule has 0 atom stereocenters. The van der Waals surface area contributed by atoms with Gasteiger partial charge in [-0.2, -0.15) is 0 Å². The van der Waals surface area contributed by atoms with Crippen LogP contribution in [-0.2, 0) is 13.0 Å². The van der Waals surface area contributed by atoms with E-state index in [1.165, 1.54) is 17.3 Å². The minimum Gasteiger partial charge on any atom is -0.270 e. The lowest BCUT2D eigenvalue weighted by molar-refractivity contribution is 0.616. The van der Waals surface area contributed by atoms with Crippen molar-refractivity contribution in [1.29, 1.82) is 0 Å². The van der Waals surface area contributed by atoms with E-state index in [1.54, 1.807) is 4.57 Å². The fraction of sp³-hybridized carbons (Fsp3) is 0.231. The summed E-state index contributed by atoms with van der Waals surface area (Å²) in [4.78, 5) is 11.7. The average molecular weight is 296 g/mol. The van der Waals surface area contributed by atoms with Crippen LogP contribution >= 0.6 is 23.4 Å². The van der Waals surface area contributed by atoms with Crippen molar-refractivity contribution >= 4 is 23.4 Å². The lowest BCUT2D eigenvalue weighted by atomic mass is 10.1. The molecule has 100 valence electrons. The third-order valence-corrected chi connectivity index (χ3v) is 3.90. The third kappa shape index (κ3) is 4.01. The van der Waals surface area contributed by atoms with Gasteiger partial charge in [0.25, 0.3) is 0 Å². The highest BCUT2D eigenvalue weighted by Gasteiger charge is 2.09. The van der Waals surface area contributed by atoms with E-state index in [1.807, 2.05) is 30.3 Å². The summed E-state index contributed by atoms with van der Waals surface area (Å²) in [6, 6.07) is 10.0. The molecular weight excluding hydrogens is 282 g/mol. The highest BCUT2D eigenvalue weighted by atomic mass is 35.5. The lowest BCUT2D eigenvalue weighted by Crippen LogP contribution is -2.18. The molecular formula is C13H14ClN3OS. The van der Waals surface area contributed by atoms with Gasteiger partial charge in [0.1, 0.15) is 0 Å². The van der Waals surface area contributed by atoms with E-state index in [-0.39, 0.29) is 5.69 Å². The SMILES string of the molecule is C=C(Cl)CSc1n[nH]c(=O)n1CCc1ccccc1. The molecule has 0 bridgehead atoms. The quantitative estimate of drug-likeness (QED) is 0.834. The normalized spacial score (nSPS) is 10.6. The predicted octanol–water partition coefficient (Wildman–Crippen LogP) is 2.66. The number of nitrogens with one attached hydrogen (secondary N) is 1. The summed E-state index contributed by atoms with van der Waals surface area (Å²) >= 11 is 7.12. The monoisotopic (exact) mass is 295 g/mol. The molecule has 2 aromatic rings. The van der Waals surface area contributed by atoms with Gasteiger partial charge >= 0.3 is 5.69 Å². The van der Waals surface area contributed by atoms with Gasteiger partial charge in [0.05, 0.1) is 0 Å². The maximum Gasteiger partial charge on any atom is 0.343 e. The second-order valence-corrected chi connectivity index (χ2v) is 5.48. The molecule has 19 heavy (non-hydrogen) atoms. The molecule has 0 saturated carbocycles. The molecule has 0 saturated heterocycles. The maximum atomic E-state index is 11.7. The summed E-state index contributed by atoms with van der Waals surface area (Å²) in [6.07, 6.45) is 0.787. The molecule has 1 aromatic heterocycles. The Morgan fingerprint density at radius 3 is 2.84 bits per heavy atom. The molecule has 1 heterocycles. The minimum atomic E-state index is -0.196. The van der Waals surface area contributed by atoms with Crippen molar-refractivity contribution in [3.05, 3.63) is 58.0 Å². The zero-order valence-corrected chi connectivity index (χ0v) is 11.9. The van der Waals surface area contributed by atoms with Gasteiger partial charge < -0.3 is 0 Å². The second-order valence-electron chi connectivity index (χ2n) is 4.00. The van der Waals surface area contributed by atoms with Gasteiger partial charge in [-0.25, -0.2) is 9.89 Å². The van der Waals surface area contributed by atoms with Crippen molar-refractivity contribution in [2.45, 2.75) is 18.1 Å². The van der Waals surface area contributed by atoms with E-state index >= 15 is 0 Å². The first-order chi connectivity index (χ1) is 9.16. The van der Waals surface area contributed by atoms with Crippen molar-refractivity contribution in [3.8, 4) is 0 Å². The molecule has 0 spiro atoms. The Kier molecular flexibility index (Phi) is 4.87. The number of aryl methyl sites for hydroxylation is 1. The minimum absolute atomic E-state index is 0.196. The standard InChI is InChI=1S/C13H14ClN3OS/c1-10(14)9-19-13-16-15-12(18)17(13)8-7-11-5-3-2-4-6-11/h2-6H,1,7-9H2,(H,15,18). The summed E-state index contributed by atoms with van der Waals surface area (Å²) in [5, 5.41) is 7.63. The van der Waals surface area contributed by atoms with Gasteiger partial charge in [-0.15, -0.1) is 5.10 Å². The van der Waals surface area contributed by atoms with Crippen molar-refractivity contribution < 1.29 is 0 Å². The maximum absolute atomic E-state index is 11.7. The average Bonchev–Trinajstić information content (AvgIpc) is 2.76. The van der Waals surface area contributed by atoms with E-state index in [9.17, 15) is 4.79 Å². The van der Waals surface area contributed by atoms with Gasteiger partial charge in [0.2, 0.25) is 0 Å². The Morgan fingerprint density at radius 1 is 1.42 bits per heavy atom. The number of aromatic nitrogens is 3. The summed E-state index contributed by atoms with van der Waals surface area (Å²) in [5.74, 6) is 0.539. The van der Waals surface area contributed by atoms with Crippen LogP contribution in [0.5, 0.6) is 0 Å². The first kappa shape index (κ1) is 14.0. The van der Waals surface area contributed by atoms with E-state index in [2.05, 4.69) is 16.8 Å². The largest absolute Gasteiger partial charge is 0.343 e. The summed E-state index contributed by atoms with van der Waals surface area (Å²) in [6.45, 7) is 4.21. The fourth-order valence-electron chi connectivity index (χ4n) is 1.64. The van der Waals surface area contributed by atoms with Crippen LogP contribution in [0.15, 0.2) is 51.9 Å². The first-order valence-electron chi connectivity index (χ1n) is 5.82. The van der Waals surface area contributed by atoms with Crippen LogP contribution in [0.25, 0.3) is 0 Å². The highest BCUT2D eigenvalue weighted by molar-refractivity contribution is 7.99. The number of halogens is 1. The molecule has 0 radical (unpaired) electrons. The van der Waals surface area contributed by atoms with Gasteiger partial charge in [0, 0.05) is 17.3 Å². The molecule has 0 unspecified atom stereocenters. The smallest absolute Gasteiger partial charge is 0.270 e. The Labute approximate surface area is 120 Å². The van der Waals surface area contributed by atoms with Gasteiger partial charge in [-0.3, -0.25) is 4.57 Å². The molecule has 1 N–H and O–H groups in total. The van der Waals surface area contributed by atoms with Crippen LogP contribution < -0.4 is 5.69 Å². The summed E-state index contributed by atoms with van der Waals surface area (Å²) in [7, 11) is 0. The zero-order chi connectivity index (χ0) is 13.7. The van der Waals surface area contributed by atoms with Crippen LogP contribution in [-0.4, -0.2) is 20.5 Å². The zero-order valence-electron chi connectivity index (χ0n) is 10.3. The van der Waals surface area contributed by atoms with Crippen LogP contribution in [0.3, 0.4) is 0 Å². The van der Waals surface area contributed by atoms with E-state index in [0.717, 1.165) is 6.42 Å². The Morgan fingerprint density at radius 2 is 2.16 bits per heavy atom. The third-order valence-electron chi connectivity index (χ3n) is 2.55. The molecule has 0 aliphatic carbocycles. The lowest BCUT2D eigenvalue weighted by Gasteiger charge is -2.05. The molecule has 0 aliphatic rings. The van der Waals surface area contributed by atoms with E-state index < -0.39 is 0 Å². The molecule has 0 fully saturated rings. The Balaban J connectivity index is 2.05. The second kappa shape index (κ2) is 6.63. The van der Waals surface area contributed by atoms with Crippen molar-refractivity contribution in [2.24, 2.45) is 0 Å². The van der Waals surface area contributed by atoms with Crippen LogP contribution in [0.1, 0.15) is 5.56 Å². The number of rotatable bonds is 6. The Hall–Kier alpha value is -1.46.